The van der Waals surface area contributed by atoms with Gasteiger partial charge in [0.1, 0.15) is 5.69 Å². The summed E-state index contributed by atoms with van der Waals surface area (Å²) >= 11 is 0. The summed E-state index contributed by atoms with van der Waals surface area (Å²) in [6.45, 7) is 8.57. The van der Waals surface area contributed by atoms with Crippen molar-refractivity contribution < 1.29 is 9.53 Å². The number of ether oxygens (including phenoxy) is 1. The summed E-state index contributed by atoms with van der Waals surface area (Å²) in [4.78, 5) is 14.8. The Morgan fingerprint density at radius 3 is 2.96 bits per heavy atom. The van der Waals surface area contributed by atoms with Crippen LogP contribution in [0.25, 0.3) is 0 Å². The van der Waals surface area contributed by atoms with Crippen LogP contribution in [0.3, 0.4) is 0 Å². The third-order valence-corrected chi connectivity index (χ3v) is 5.81. The summed E-state index contributed by atoms with van der Waals surface area (Å²) in [5.74, 6) is 0.850. The molecule has 0 aromatic carbocycles. The van der Waals surface area contributed by atoms with Crippen LogP contribution < -0.4 is 5.32 Å². The van der Waals surface area contributed by atoms with E-state index >= 15 is 0 Å². The van der Waals surface area contributed by atoms with Gasteiger partial charge in [-0.3, -0.25) is 14.4 Å². The van der Waals surface area contributed by atoms with Crippen molar-refractivity contribution in [3.8, 4) is 0 Å². The minimum absolute atomic E-state index is 0.0121. The Kier molecular flexibility index (Phi) is 5.06. The number of aromatic nitrogens is 3. The van der Waals surface area contributed by atoms with Crippen molar-refractivity contribution in [2.45, 2.75) is 32.5 Å². The van der Waals surface area contributed by atoms with Gasteiger partial charge in [0.15, 0.2) is 0 Å². The molecule has 1 N–H and O–H groups in total. The average molecular weight is 371 g/mol. The Morgan fingerprint density at radius 1 is 1.41 bits per heavy atom. The van der Waals surface area contributed by atoms with E-state index in [2.05, 4.69) is 35.4 Å². The number of amides is 1. The number of likely N-dealkylation sites (tertiary alicyclic amines) is 1. The molecule has 7 heteroatoms. The first-order valence-electron chi connectivity index (χ1n) is 9.77. The highest BCUT2D eigenvalue weighted by Crippen LogP contribution is 2.34. The first-order chi connectivity index (χ1) is 13.0. The molecule has 0 saturated carbocycles. The van der Waals surface area contributed by atoms with Crippen molar-refractivity contribution in [3.05, 3.63) is 42.0 Å². The number of carbonyl (C=O) groups is 1. The quantitative estimate of drug-likeness (QED) is 0.839. The topological polar surface area (TPSA) is 64.3 Å². The molecule has 0 aliphatic carbocycles. The fourth-order valence-electron chi connectivity index (χ4n) is 4.23. The minimum atomic E-state index is -0.0121. The minimum Gasteiger partial charge on any atom is -0.376 e. The predicted octanol–water partition coefficient (Wildman–Crippen LogP) is 1.68. The third-order valence-electron chi connectivity index (χ3n) is 5.81. The maximum Gasteiger partial charge on any atom is 0.267 e. The lowest BCUT2D eigenvalue weighted by atomic mass is 9.93. The van der Waals surface area contributed by atoms with Gasteiger partial charge in [0, 0.05) is 69.1 Å². The van der Waals surface area contributed by atoms with E-state index < -0.39 is 0 Å². The number of carbonyl (C=O) groups excluding carboxylic acids is 1. The number of aryl methyl sites for hydroxylation is 1. The summed E-state index contributed by atoms with van der Waals surface area (Å²) in [5, 5.41) is 7.52. The van der Waals surface area contributed by atoms with E-state index in [1.807, 2.05) is 40.8 Å². The molecule has 4 heterocycles. The van der Waals surface area contributed by atoms with Crippen LogP contribution >= 0.6 is 0 Å². The van der Waals surface area contributed by atoms with Crippen molar-refractivity contribution in [3.63, 3.8) is 0 Å². The Hall–Kier alpha value is -2.12. The van der Waals surface area contributed by atoms with Crippen LogP contribution in [0.5, 0.6) is 0 Å². The molecule has 7 nitrogen and oxygen atoms in total. The zero-order valence-electron chi connectivity index (χ0n) is 16.3. The number of nitrogens with one attached hydrogen (secondary N) is 1. The average Bonchev–Trinajstić information content (AvgIpc) is 3.38. The van der Waals surface area contributed by atoms with Crippen molar-refractivity contribution in [1.29, 1.82) is 0 Å². The van der Waals surface area contributed by atoms with Gasteiger partial charge in [-0.2, -0.15) is 5.10 Å². The molecule has 27 heavy (non-hydrogen) atoms. The molecule has 2 aromatic rings. The normalized spacial score (nSPS) is 25.3. The molecule has 0 unspecified atom stereocenters. The van der Waals surface area contributed by atoms with E-state index in [-0.39, 0.29) is 12.0 Å². The maximum atomic E-state index is 12.3. The number of rotatable bonds is 6. The first-order valence-corrected chi connectivity index (χ1v) is 9.77. The molecular formula is C20H29N5O2. The summed E-state index contributed by atoms with van der Waals surface area (Å²) in [6, 6.07) is 4.12. The molecule has 2 fully saturated rings. The highest BCUT2D eigenvalue weighted by Gasteiger charge is 2.43. The smallest absolute Gasteiger partial charge is 0.267 e. The van der Waals surface area contributed by atoms with Crippen LogP contribution in [0.15, 0.2) is 30.7 Å². The Bertz CT molecular complexity index is 796. The molecular weight excluding hydrogens is 342 g/mol. The lowest BCUT2D eigenvalue weighted by molar-refractivity contribution is 0.0899. The van der Waals surface area contributed by atoms with Crippen molar-refractivity contribution in [1.82, 2.24) is 24.6 Å². The van der Waals surface area contributed by atoms with Gasteiger partial charge in [-0.05, 0) is 26.0 Å². The van der Waals surface area contributed by atoms with Gasteiger partial charge in [-0.25, -0.2) is 0 Å². The number of fused-ring (bicyclic) bond motifs is 1. The predicted molar refractivity (Wildman–Crippen MR) is 102 cm³/mol. The van der Waals surface area contributed by atoms with E-state index in [4.69, 9.17) is 4.74 Å². The van der Waals surface area contributed by atoms with Gasteiger partial charge in [-0.1, -0.05) is 0 Å². The molecule has 3 atom stereocenters. The van der Waals surface area contributed by atoms with Crippen LogP contribution in [0, 0.1) is 11.8 Å². The maximum absolute atomic E-state index is 12.3. The lowest BCUT2D eigenvalue weighted by Gasteiger charge is -2.19. The summed E-state index contributed by atoms with van der Waals surface area (Å²) in [5.41, 5.74) is 1.94. The van der Waals surface area contributed by atoms with Crippen LogP contribution in [0.4, 0.5) is 0 Å². The molecule has 1 amide bonds. The van der Waals surface area contributed by atoms with Crippen molar-refractivity contribution >= 4 is 5.91 Å². The number of nitrogens with zero attached hydrogens (tertiary/aromatic N) is 4. The standard InChI is InChI=1S/C20H29N5O2/c1-14(2)25-10-15(7-22-25)9-24-11-17-16(13-27-19(17)12-24)8-21-20(26)18-5-4-6-23(18)3/h4-7,10,14,16-17,19H,8-9,11-13H2,1-3H3,(H,21,26)/t16-,17+,19+/m1/s1. The summed E-state index contributed by atoms with van der Waals surface area (Å²) < 4.78 is 9.88. The van der Waals surface area contributed by atoms with Crippen LogP contribution in [-0.4, -0.2) is 57.5 Å². The van der Waals surface area contributed by atoms with Crippen molar-refractivity contribution in [2.75, 3.05) is 26.2 Å². The zero-order chi connectivity index (χ0) is 19.0. The Morgan fingerprint density at radius 2 is 2.26 bits per heavy atom. The molecule has 2 aromatic heterocycles. The van der Waals surface area contributed by atoms with Crippen LogP contribution in [0.1, 0.15) is 35.9 Å². The van der Waals surface area contributed by atoms with Gasteiger partial charge in [0.05, 0.1) is 18.9 Å². The molecule has 2 saturated heterocycles. The van der Waals surface area contributed by atoms with E-state index in [0.29, 0.717) is 30.1 Å². The van der Waals surface area contributed by atoms with Crippen LogP contribution in [0.2, 0.25) is 0 Å². The van der Waals surface area contributed by atoms with Gasteiger partial charge in [0.25, 0.3) is 5.91 Å². The Labute approximate surface area is 160 Å². The molecule has 0 bridgehead atoms. The summed E-state index contributed by atoms with van der Waals surface area (Å²) in [7, 11) is 1.89. The molecule has 2 aliphatic heterocycles. The largest absolute Gasteiger partial charge is 0.376 e. The SMILES string of the molecule is CC(C)n1cc(CN2C[C@H]3[C@H](CNC(=O)c4cccn4C)CO[C@H]3C2)cn1. The number of hydrogen-bond donors (Lipinski definition) is 1. The highest BCUT2D eigenvalue weighted by molar-refractivity contribution is 5.92. The highest BCUT2D eigenvalue weighted by atomic mass is 16.5. The monoisotopic (exact) mass is 371 g/mol. The van der Waals surface area contributed by atoms with Crippen LogP contribution in [-0.2, 0) is 18.3 Å². The van der Waals surface area contributed by atoms with E-state index in [1.165, 1.54) is 5.56 Å². The van der Waals surface area contributed by atoms with E-state index in [9.17, 15) is 4.79 Å². The summed E-state index contributed by atoms with van der Waals surface area (Å²) in [6.07, 6.45) is 6.27. The fraction of sp³-hybridized carbons (Fsp3) is 0.600. The first kappa shape index (κ1) is 18.3. The molecule has 2 aliphatic rings. The second-order valence-corrected chi connectivity index (χ2v) is 8.13. The van der Waals surface area contributed by atoms with Gasteiger partial charge >= 0.3 is 0 Å². The molecule has 146 valence electrons. The number of hydrogen-bond acceptors (Lipinski definition) is 4. The molecule has 0 spiro atoms. The third kappa shape index (κ3) is 3.80. The lowest BCUT2D eigenvalue weighted by Crippen LogP contribution is -2.34. The molecule has 0 radical (unpaired) electrons. The second kappa shape index (κ2) is 7.48. The second-order valence-electron chi connectivity index (χ2n) is 8.13. The van der Waals surface area contributed by atoms with Crippen molar-refractivity contribution in [2.24, 2.45) is 18.9 Å². The zero-order valence-corrected chi connectivity index (χ0v) is 16.3. The van der Waals surface area contributed by atoms with Gasteiger partial charge in [0.2, 0.25) is 0 Å². The van der Waals surface area contributed by atoms with Gasteiger partial charge in [-0.15, -0.1) is 0 Å². The van der Waals surface area contributed by atoms with E-state index in [1.54, 1.807) is 0 Å². The fourth-order valence-corrected chi connectivity index (χ4v) is 4.23. The van der Waals surface area contributed by atoms with Gasteiger partial charge < -0.3 is 14.6 Å². The Balaban J connectivity index is 1.30. The van der Waals surface area contributed by atoms with E-state index in [0.717, 1.165) is 26.2 Å². The molecule has 4 rings (SSSR count).